The van der Waals surface area contributed by atoms with E-state index in [4.69, 9.17) is 10.5 Å². The van der Waals surface area contributed by atoms with Gasteiger partial charge in [0, 0.05) is 17.6 Å². The molecule has 7 nitrogen and oxygen atoms in total. The molecule has 39 heavy (non-hydrogen) atoms. The van der Waals surface area contributed by atoms with Crippen molar-refractivity contribution in [3.05, 3.63) is 76.1 Å². The van der Waals surface area contributed by atoms with Gasteiger partial charge in [-0.2, -0.15) is 0 Å². The second-order valence-electron chi connectivity index (χ2n) is 9.13. The van der Waals surface area contributed by atoms with E-state index in [1.165, 1.54) is 11.3 Å². The Balaban J connectivity index is 0.00000380. The Morgan fingerprint density at radius 2 is 1.77 bits per heavy atom. The normalized spacial score (nSPS) is 11.9. The highest BCUT2D eigenvalue weighted by Gasteiger charge is 2.22. The van der Waals surface area contributed by atoms with Crippen LogP contribution in [0, 0.1) is 5.92 Å². The molecule has 10 heteroatoms. The number of carbonyl (C=O) groups is 2. The summed E-state index contributed by atoms with van der Waals surface area (Å²) >= 11 is 1.38. The van der Waals surface area contributed by atoms with Crippen LogP contribution in [0.1, 0.15) is 61.8 Å². The third kappa shape index (κ3) is 12.0. The van der Waals surface area contributed by atoms with E-state index in [-0.39, 0.29) is 55.1 Å². The van der Waals surface area contributed by atoms with E-state index >= 15 is 0 Å². The zero-order valence-corrected chi connectivity index (χ0v) is 25.0. The van der Waals surface area contributed by atoms with Gasteiger partial charge >= 0.3 is 5.97 Å². The van der Waals surface area contributed by atoms with Gasteiger partial charge in [0.1, 0.15) is 16.9 Å². The van der Waals surface area contributed by atoms with Crippen LogP contribution in [0.25, 0.3) is 0 Å². The first-order valence-corrected chi connectivity index (χ1v) is 13.9. The number of unbranched alkanes of at least 4 members (excludes halogenated alkanes) is 1. The summed E-state index contributed by atoms with van der Waals surface area (Å²) in [6.45, 7) is 5.48. The molecule has 0 aliphatic carbocycles. The number of anilines is 2. The minimum Gasteiger partial charge on any atom is -0.456 e. The molecular weight excluding hydrogens is 555 g/mol. The second kappa shape index (κ2) is 18.6. The standard InChI is InChI=1S/C29H38N4O3S.2ClH/c1-3-5-9-22(4-2)29(35)36-25(23-10-7-6-8-11-23)19-31-17-16-21-12-14-24(15-13-21)32-27(34)18-28-33-26(30)20-37-28;;/h6-8,10-15,20,22,25,31H,3-5,9,16-19,30H2,1-2H3,(H,32,34);2*1H. The van der Waals surface area contributed by atoms with Gasteiger partial charge < -0.3 is 21.1 Å². The van der Waals surface area contributed by atoms with Crippen molar-refractivity contribution in [3.63, 3.8) is 0 Å². The molecule has 3 rings (SSSR count). The molecule has 0 spiro atoms. The lowest BCUT2D eigenvalue weighted by molar-refractivity contribution is -0.154. The van der Waals surface area contributed by atoms with Crippen LogP contribution in [-0.4, -0.2) is 29.9 Å². The first kappa shape index (κ1) is 34.4. The predicted molar refractivity (Wildman–Crippen MR) is 165 cm³/mol. The summed E-state index contributed by atoms with van der Waals surface area (Å²) in [5, 5.41) is 8.77. The highest BCUT2D eigenvalue weighted by atomic mass is 35.5. The molecule has 1 aromatic heterocycles. The predicted octanol–water partition coefficient (Wildman–Crippen LogP) is 6.38. The van der Waals surface area contributed by atoms with Crippen molar-refractivity contribution >= 4 is 59.5 Å². The zero-order valence-electron chi connectivity index (χ0n) is 22.6. The fraction of sp³-hybridized carbons (Fsp3) is 0.414. The number of hydrogen-bond donors (Lipinski definition) is 3. The summed E-state index contributed by atoms with van der Waals surface area (Å²) < 4.78 is 5.98. The molecule has 2 unspecified atom stereocenters. The van der Waals surface area contributed by atoms with Gasteiger partial charge in [-0.3, -0.25) is 9.59 Å². The van der Waals surface area contributed by atoms with Gasteiger partial charge in [0.2, 0.25) is 5.91 Å². The maximum absolute atomic E-state index is 12.8. The Hall–Kier alpha value is -2.65. The Labute approximate surface area is 248 Å². The molecule has 0 aliphatic heterocycles. The van der Waals surface area contributed by atoms with Gasteiger partial charge in [0.25, 0.3) is 0 Å². The Kier molecular flexibility index (Phi) is 16.4. The maximum atomic E-state index is 12.8. The third-order valence-electron chi connectivity index (χ3n) is 6.20. The quantitative estimate of drug-likeness (QED) is 0.139. The molecule has 0 bridgehead atoms. The number of benzene rings is 2. The molecule has 3 aromatic rings. The molecule has 0 aliphatic rings. The Morgan fingerprint density at radius 1 is 1.05 bits per heavy atom. The number of esters is 1. The van der Waals surface area contributed by atoms with Crippen LogP contribution >= 0.6 is 36.2 Å². The lowest BCUT2D eigenvalue weighted by atomic mass is 9.99. The summed E-state index contributed by atoms with van der Waals surface area (Å²) in [6, 6.07) is 17.7. The lowest BCUT2D eigenvalue weighted by Crippen LogP contribution is -2.29. The number of nitrogens with one attached hydrogen (secondary N) is 2. The SMILES string of the molecule is CCCCC(CC)C(=O)OC(CNCCc1ccc(NC(=O)Cc2nc(N)cs2)cc1)c1ccccc1.Cl.Cl. The van der Waals surface area contributed by atoms with Crippen LogP contribution in [0.2, 0.25) is 0 Å². The first-order chi connectivity index (χ1) is 18.0. The Morgan fingerprint density at radius 3 is 2.38 bits per heavy atom. The van der Waals surface area contributed by atoms with Crippen LogP contribution in [0.4, 0.5) is 11.5 Å². The highest BCUT2D eigenvalue weighted by molar-refractivity contribution is 7.10. The molecular formula is C29H40Cl2N4O3S. The van der Waals surface area contributed by atoms with Crippen molar-refractivity contribution in [1.29, 1.82) is 0 Å². The molecule has 1 amide bonds. The molecule has 0 radical (unpaired) electrons. The van der Waals surface area contributed by atoms with Crippen LogP contribution in [0.5, 0.6) is 0 Å². The van der Waals surface area contributed by atoms with E-state index in [0.29, 0.717) is 17.4 Å². The van der Waals surface area contributed by atoms with Gasteiger partial charge in [0.05, 0.1) is 12.3 Å². The molecule has 2 atom stereocenters. The topological polar surface area (TPSA) is 106 Å². The number of nitrogens with zero attached hydrogens (tertiary/aromatic N) is 1. The lowest BCUT2D eigenvalue weighted by Gasteiger charge is -2.22. The van der Waals surface area contributed by atoms with Crippen LogP contribution in [0.15, 0.2) is 60.0 Å². The van der Waals surface area contributed by atoms with Crippen molar-refractivity contribution in [2.45, 2.75) is 58.5 Å². The van der Waals surface area contributed by atoms with E-state index in [0.717, 1.165) is 55.5 Å². The maximum Gasteiger partial charge on any atom is 0.309 e. The number of aromatic nitrogens is 1. The van der Waals surface area contributed by atoms with Gasteiger partial charge in [-0.1, -0.05) is 69.2 Å². The molecule has 0 saturated carbocycles. The minimum absolute atomic E-state index is 0. The second-order valence-corrected chi connectivity index (χ2v) is 10.1. The van der Waals surface area contributed by atoms with Crippen molar-refractivity contribution < 1.29 is 14.3 Å². The van der Waals surface area contributed by atoms with E-state index in [1.54, 1.807) is 5.38 Å². The van der Waals surface area contributed by atoms with Gasteiger partial charge in [-0.05, 0) is 49.1 Å². The summed E-state index contributed by atoms with van der Waals surface area (Å²) in [7, 11) is 0. The average Bonchev–Trinajstić information content (AvgIpc) is 3.31. The molecule has 214 valence electrons. The van der Waals surface area contributed by atoms with E-state index in [2.05, 4.69) is 22.5 Å². The zero-order chi connectivity index (χ0) is 26.5. The number of rotatable bonds is 15. The molecule has 0 fully saturated rings. The summed E-state index contributed by atoms with van der Waals surface area (Å²) in [6.07, 6.45) is 4.47. The first-order valence-electron chi connectivity index (χ1n) is 13.0. The number of amides is 1. The van der Waals surface area contributed by atoms with Crippen molar-refractivity contribution in [2.75, 3.05) is 24.1 Å². The Bertz CT molecular complexity index is 1110. The summed E-state index contributed by atoms with van der Waals surface area (Å²) in [4.78, 5) is 29.2. The molecule has 4 N–H and O–H groups in total. The molecule has 1 heterocycles. The molecule has 2 aromatic carbocycles. The molecule has 0 saturated heterocycles. The number of hydrogen-bond acceptors (Lipinski definition) is 7. The largest absolute Gasteiger partial charge is 0.456 e. The smallest absolute Gasteiger partial charge is 0.309 e. The van der Waals surface area contributed by atoms with Gasteiger partial charge in [-0.15, -0.1) is 36.2 Å². The fourth-order valence-electron chi connectivity index (χ4n) is 4.04. The van der Waals surface area contributed by atoms with Crippen molar-refractivity contribution in [3.8, 4) is 0 Å². The number of nitrogens with two attached hydrogens (primary N) is 1. The number of halogens is 2. The minimum atomic E-state index is -0.324. The summed E-state index contributed by atoms with van der Waals surface area (Å²) in [5.74, 6) is 0.161. The van der Waals surface area contributed by atoms with E-state index < -0.39 is 0 Å². The fourth-order valence-corrected chi connectivity index (χ4v) is 4.72. The number of carbonyl (C=O) groups excluding carboxylic acids is 2. The van der Waals surface area contributed by atoms with Crippen molar-refractivity contribution in [2.24, 2.45) is 5.92 Å². The average molecular weight is 596 g/mol. The van der Waals surface area contributed by atoms with Crippen molar-refractivity contribution in [1.82, 2.24) is 10.3 Å². The van der Waals surface area contributed by atoms with E-state index in [9.17, 15) is 9.59 Å². The van der Waals surface area contributed by atoms with Crippen LogP contribution < -0.4 is 16.4 Å². The van der Waals surface area contributed by atoms with Gasteiger partial charge in [0.15, 0.2) is 0 Å². The highest BCUT2D eigenvalue weighted by Crippen LogP contribution is 2.22. The number of ether oxygens (including phenoxy) is 1. The van der Waals surface area contributed by atoms with Gasteiger partial charge in [-0.25, -0.2) is 4.98 Å². The number of nitrogen functional groups attached to an aromatic ring is 1. The van der Waals surface area contributed by atoms with Crippen LogP contribution in [-0.2, 0) is 27.2 Å². The van der Waals surface area contributed by atoms with E-state index in [1.807, 2.05) is 61.5 Å². The third-order valence-corrected chi connectivity index (χ3v) is 7.07. The summed E-state index contributed by atoms with van der Waals surface area (Å²) in [5.41, 5.74) is 8.51. The number of thiazole rings is 1. The monoisotopic (exact) mass is 594 g/mol. The van der Waals surface area contributed by atoms with Crippen LogP contribution in [0.3, 0.4) is 0 Å².